The number of hydrogen-bond acceptors (Lipinski definition) is 4. The maximum atomic E-state index is 11.8. The van der Waals surface area contributed by atoms with Crippen molar-refractivity contribution in [3.05, 3.63) is 35.9 Å². The second kappa shape index (κ2) is 9.65. The van der Waals surface area contributed by atoms with Crippen molar-refractivity contribution in [2.75, 3.05) is 39.3 Å². The van der Waals surface area contributed by atoms with Gasteiger partial charge in [0.1, 0.15) is 0 Å². The second-order valence-corrected chi connectivity index (χ2v) is 6.29. The van der Waals surface area contributed by atoms with Crippen LogP contribution in [-0.2, 0) is 11.3 Å². The minimum Gasteiger partial charge on any atom is -0.353 e. The van der Waals surface area contributed by atoms with Gasteiger partial charge in [0.25, 0.3) is 0 Å². The Morgan fingerprint density at radius 2 is 1.83 bits per heavy atom. The molecule has 1 aliphatic heterocycles. The number of carbonyl (C=O) groups is 1. The number of amides is 1. The van der Waals surface area contributed by atoms with E-state index < -0.39 is 0 Å². The summed E-state index contributed by atoms with van der Waals surface area (Å²) >= 11 is 0. The van der Waals surface area contributed by atoms with Gasteiger partial charge in [-0.15, -0.1) is 0 Å². The molecule has 1 unspecified atom stereocenters. The SMILES string of the molecule is CCCC(N)C(=O)NCCN1CCN(Cc2ccccc2)CC1. The summed E-state index contributed by atoms with van der Waals surface area (Å²) in [4.78, 5) is 16.7. The molecule has 0 bridgehead atoms. The quantitative estimate of drug-likeness (QED) is 0.752. The third kappa shape index (κ3) is 6.29. The summed E-state index contributed by atoms with van der Waals surface area (Å²) in [5.41, 5.74) is 7.18. The van der Waals surface area contributed by atoms with E-state index in [0.717, 1.165) is 52.1 Å². The zero-order chi connectivity index (χ0) is 16.5. The Hall–Kier alpha value is -1.43. The number of piperazine rings is 1. The molecular formula is C18H30N4O. The first-order valence-electron chi connectivity index (χ1n) is 8.71. The molecule has 1 aliphatic rings. The highest BCUT2D eigenvalue weighted by Gasteiger charge is 2.17. The lowest BCUT2D eigenvalue weighted by molar-refractivity contribution is -0.122. The molecule has 128 valence electrons. The summed E-state index contributed by atoms with van der Waals surface area (Å²) in [6, 6.07) is 10.3. The lowest BCUT2D eigenvalue weighted by Gasteiger charge is -2.34. The molecule has 1 aromatic rings. The zero-order valence-corrected chi connectivity index (χ0v) is 14.2. The van der Waals surface area contributed by atoms with Crippen LogP contribution in [0.15, 0.2) is 30.3 Å². The van der Waals surface area contributed by atoms with Crippen LogP contribution >= 0.6 is 0 Å². The molecule has 0 radical (unpaired) electrons. The van der Waals surface area contributed by atoms with Gasteiger partial charge in [0.2, 0.25) is 5.91 Å². The van der Waals surface area contributed by atoms with E-state index in [4.69, 9.17) is 5.73 Å². The van der Waals surface area contributed by atoms with Gasteiger partial charge in [-0.3, -0.25) is 14.6 Å². The minimum atomic E-state index is -0.359. The lowest BCUT2D eigenvalue weighted by Crippen LogP contribution is -2.49. The molecule has 3 N–H and O–H groups in total. The first-order valence-corrected chi connectivity index (χ1v) is 8.71. The Morgan fingerprint density at radius 3 is 2.48 bits per heavy atom. The molecule has 1 fully saturated rings. The van der Waals surface area contributed by atoms with E-state index in [2.05, 4.69) is 45.4 Å². The van der Waals surface area contributed by atoms with Gasteiger partial charge in [-0.25, -0.2) is 0 Å². The molecule has 5 heteroatoms. The van der Waals surface area contributed by atoms with Crippen LogP contribution in [0, 0.1) is 0 Å². The van der Waals surface area contributed by atoms with Gasteiger partial charge >= 0.3 is 0 Å². The van der Waals surface area contributed by atoms with E-state index >= 15 is 0 Å². The van der Waals surface area contributed by atoms with Crippen LogP contribution in [0.1, 0.15) is 25.3 Å². The number of rotatable bonds is 8. The summed E-state index contributed by atoms with van der Waals surface area (Å²) < 4.78 is 0. The third-order valence-corrected chi connectivity index (χ3v) is 4.38. The van der Waals surface area contributed by atoms with Crippen molar-refractivity contribution in [3.63, 3.8) is 0 Å². The monoisotopic (exact) mass is 318 g/mol. The summed E-state index contributed by atoms with van der Waals surface area (Å²) in [5.74, 6) is -0.0189. The molecule has 5 nitrogen and oxygen atoms in total. The molecule has 0 spiro atoms. The number of nitrogens with one attached hydrogen (secondary N) is 1. The molecule has 2 rings (SSSR count). The molecule has 0 aliphatic carbocycles. The van der Waals surface area contributed by atoms with E-state index in [1.165, 1.54) is 5.56 Å². The average Bonchev–Trinajstić information content (AvgIpc) is 2.57. The minimum absolute atomic E-state index is 0.0189. The molecule has 1 atom stereocenters. The molecular weight excluding hydrogens is 288 g/mol. The molecule has 1 amide bonds. The van der Waals surface area contributed by atoms with Gasteiger partial charge in [0.05, 0.1) is 6.04 Å². The van der Waals surface area contributed by atoms with Crippen molar-refractivity contribution >= 4 is 5.91 Å². The van der Waals surface area contributed by atoms with Gasteiger partial charge in [-0.1, -0.05) is 43.7 Å². The lowest BCUT2D eigenvalue weighted by atomic mass is 10.2. The number of benzene rings is 1. The highest BCUT2D eigenvalue weighted by atomic mass is 16.2. The van der Waals surface area contributed by atoms with Crippen molar-refractivity contribution in [1.82, 2.24) is 15.1 Å². The number of nitrogens with two attached hydrogens (primary N) is 1. The van der Waals surface area contributed by atoms with Gasteiger partial charge in [-0.05, 0) is 12.0 Å². The zero-order valence-electron chi connectivity index (χ0n) is 14.2. The van der Waals surface area contributed by atoms with E-state index in [9.17, 15) is 4.79 Å². The summed E-state index contributed by atoms with van der Waals surface area (Å²) in [5, 5.41) is 2.95. The molecule has 1 heterocycles. The van der Waals surface area contributed by atoms with E-state index in [1.54, 1.807) is 0 Å². The number of nitrogens with zero attached hydrogens (tertiary/aromatic N) is 2. The Bertz CT molecular complexity index is 457. The van der Waals surface area contributed by atoms with Crippen molar-refractivity contribution in [3.8, 4) is 0 Å². The maximum Gasteiger partial charge on any atom is 0.236 e. The smallest absolute Gasteiger partial charge is 0.236 e. The predicted octanol–water partition coefficient (Wildman–Crippen LogP) is 1.05. The molecule has 0 aromatic heterocycles. The molecule has 1 saturated heterocycles. The molecule has 1 aromatic carbocycles. The third-order valence-electron chi connectivity index (χ3n) is 4.38. The second-order valence-electron chi connectivity index (χ2n) is 6.29. The highest BCUT2D eigenvalue weighted by Crippen LogP contribution is 2.08. The predicted molar refractivity (Wildman–Crippen MR) is 94.1 cm³/mol. The number of hydrogen-bond donors (Lipinski definition) is 2. The van der Waals surface area contributed by atoms with Crippen LogP contribution in [0.5, 0.6) is 0 Å². The van der Waals surface area contributed by atoms with Gasteiger partial charge in [-0.2, -0.15) is 0 Å². The van der Waals surface area contributed by atoms with E-state index in [0.29, 0.717) is 6.54 Å². The largest absolute Gasteiger partial charge is 0.353 e. The highest BCUT2D eigenvalue weighted by molar-refractivity contribution is 5.81. The van der Waals surface area contributed by atoms with Crippen LogP contribution in [0.4, 0.5) is 0 Å². The Balaban J connectivity index is 1.60. The van der Waals surface area contributed by atoms with E-state index in [-0.39, 0.29) is 11.9 Å². The number of carbonyl (C=O) groups excluding carboxylic acids is 1. The van der Waals surface area contributed by atoms with Gasteiger partial charge < -0.3 is 11.1 Å². The van der Waals surface area contributed by atoms with Crippen molar-refractivity contribution in [2.24, 2.45) is 5.73 Å². The van der Waals surface area contributed by atoms with Crippen LogP contribution < -0.4 is 11.1 Å². The molecule has 0 saturated carbocycles. The Morgan fingerprint density at radius 1 is 1.17 bits per heavy atom. The van der Waals surface area contributed by atoms with Gasteiger partial charge in [0, 0.05) is 45.8 Å². The standard InChI is InChI=1S/C18H30N4O/c1-2-6-17(19)18(23)20-9-10-21-11-13-22(14-12-21)15-16-7-4-3-5-8-16/h3-5,7-8,17H,2,6,9-15,19H2,1H3,(H,20,23). The summed E-state index contributed by atoms with van der Waals surface area (Å²) in [6.45, 7) is 8.95. The van der Waals surface area contributed by atoms with Crippen LogP contribution in [-0.4, -0.2) is 61.0 Å². The Labute approximate surface area is 139 Å². The Kier molecular flexibility index (Phi) is 7.52. The topological polar surface area (TPSA) is 61.6 Å². The summed E-state index contributed by atoms with van der Waals surface area (Å²) in [6.07, 6.45) is 1.70. The first kappa shape index (κ1) is 17.9. The fraction of sp³-hybridized carbons (Fsp3) is 0.611. The fourth-order valence-corrected chi connectivity index (χ4v) is 2.92. The maximum absolute atomic E-state index is 11.8. The average molecular weight is 318 g/mol. The first-order chi connectivity index (χ1) is 11.2. The normalized spacial score (nSPS) is 17.8. The van der Waals surface area contributed by atoms with Crippen LogP contribution in [0.25, 0.3) is 0 Å². The van der Waals surface area contributed by atoms with Crippen molar-refractivity contribution in [1.29, 1.82) is 0 Å². The van der Waals surface area contributed by atoms with Crippen molar-refractivity contribution in [2.45, 2.75) is 32.4 Å². The fourth-order valence-electron chi connectivity index (χ4n) is 2.92. The van der Waals surface area contributed by atoms with Gasteiger partial charge in [0.15, 0.2) is 0 Å². The van der Waals surface area contributed by atoms with Crippen molar-refractivity contribution < 1.29 is 4.79 Å². The summed E-state index contributed by atoms with van der Waals surface area (Å²) in [7, 11) is 0. The molecule has 23 heavy (non-hydrogen) atoms. The van der Waals surface area contributed by atoms with Crippen LogP contribution in [0.3, 0.4) is 0 Å². The van der Waals surface area contributed by atoms with Crippen LogP contribution in [0.2, 0.25) is 0 Å². The van der Waals surface area contributed by atoms with E-state index in [1.807, 2.05) is 6.92 Å².